The Balaban J connectivity index is 2.06. The smallest absolute Gasteiger partial charge is 0.224 e. The number of likely N-dealkylation sites (tertiary alicyclic amines) is 1. The van der Waals surface area contributed by atoms with Crippen LogP contribution in [0.1, 0.15) is 49.1 Å². The Labute approximate surface area is 125 Å². The van der Waals surface area contributed by atoms with Gasteiger partial charge in [-0.3, -0.25) is 4.79 Å². The van der Waals surface area contributed by atoms with E-state index in [1.807, 2.05) is 11.0 Å². The minimum absolute atomic E-state index is 0.0470. The Kier molecular flexibility index (Phi) is 5.35. The molecule has 0 radical (unpaired) electrons. The summed E-state index contributed by atoms with van der Waals surface area (Å²) in [6.07, 6.45) is 4.65. The fourth-order valence-electron chi connectivity index (χ4n) is 2.69. The first-order valence-electron chi connectivity index (χ1n) is 7.42. The molecule has 4 heteroatoms. The van der Waals surface area contributed by atoms with Crippen LogP contribution in [0.4, 0.5) is 0 Å². The van der Waals surface area contributed by atoms with E-state index in [-0.39, 0.29) is 12.3 Å². The second kappa shape index (κ2) is 7.45. The zero-order chi connectivity index (χ0) is 15.1. The Bertz CT molecular complexity index is 574. The first-order chi connectivity index (χ1) is 10.2. The van der Waals surface area contributed by atoms with Gasteiger partial charge in [0.15, 0.2) is 0 Å². The SMILES string of the molecule is N#Cc1cccc(C(C#N)CC(=O)N2CCCCCC2)c1. The molecule has 2 rings (SSSR count). The van der Waals surface area contributed by atoms with Crippen molar-refractivity contribution in [3.8, 4) is 12.1 Å². The van der Waals surface area contributed by atoms with E-state index in [4.69, 9.17) is 5.26 Å². The van der Waals surface area contributed by atoms with Gasteiger partial charge in [0, 0.05) is 19.5 Å². The second-order valence-electron chi connectivity index (χ2n) is 5.42. The fourth-order valence-corrected chi connectivity index (χ4v) is 2.69. The molecule has 0 aliphatic carbocycles. The highest BCUT2D eigenvalue weighted by Gasteiger charge is 2.21. The van der Waals surface area contributed by atoms with Crippen LogP contribution in [0, 0.1) is 22.7 Å². The van der Waals surface area contributed by atoms with Crippen molar-refractivity contribution in [1.29, 1.82) is 10.5 Å². The Morgan fingerprint density at radius 2 is 1.90 bits per heavy atom. The number of rotatable bonds is 3. The van der Waals surface area contributed by atoms with Crippen molar-refractivity contribution in [3.05, 3.63) is 35.4 Å². The number of nitrogens with zero attached hydrogens (tertiary/aromatic N) is 3. The highest BCUT2D eigenvalue weighted by molar-refractivity contribution is 5.77. The summed E-state index contributed by atoms with van der Waals surface area (Å²) in [5.74, 6) is -0.431. The standard InChI is InChI=1S/C17H19N3O/c18-12-14-6-5-7-15(10-14)16(13-19)11-17(21)20-8-3-1-2-4-9-20/h5-7,10,16H,1-4,8-9,11H2. The normalized spacial score (nSPS) is 16.4. The maximum absolute atomic E-state index is 12.4. The average molecular weight is 281 g/mol. The number of carbonyl (C=O) groups is 1. The predicted molar refractivity (Wildman–Crippen MR) is 79.2 cm³/mol. The molecule has 1 saturated heterocycles. The summed E-state index contributed by atoms with van der Waals surface area (Å²) in [6, 6.07) is 11.2. The van der Waals surface area contributed by atoms with E-state index in [2.05, 4.69) is 12.1 Å². The molecule has 0 bridgehead atoms. The number of hydrogen-bond donors (Lipinski definition) is 0. The van der Waals surface area contributed by atoms with Gasteiger partial charge in [0.2, 0.25) is 5.91 Å². The molecule has 1 unspecified atom stereocenters. The van der Waals surface area contributed by atoms with Gasteiger partial charge in [0.25, 0.3) is 0 Å². The third-order valence-corrected chi connectivity index (χ3v) is 3.91. The summed E-state index contributed by atoms with van der Waals surface area (Å²) in [4.78, 5) is 14.2. The first-order valence-corrected chi connectivity index (χ1v) is 7.42. The fraction of sp³-hybridized carbons (Fsp3) is 0.471. The van der Waals surface area contributed by atoms with Crippen LogP contribution in [-0.4, -0.2) is 23.9 Å². The zero-order valence-electron chi connectivity index (χ0n) is 12.1. The number of amides is 1. The van der Waals surface area contributed by atoms with Gasteiger partial charge in [-0.15, -0.1) is 0 Å². The highest BCUT2D eigenvalue weighted by Crippen LogP contribution is 2.22. The molecular formula is C17H19N3O. The molecule has 4 nitrogen and oxygen atoms in total. The van der Waals surface area contributed by atoms with Crippen LogP contribution in [0.5, 0.6) is 0 Å². The van der Waals surface area contributed by atoms with Crippen molar-refractivity contribution < 1.29 is 4.79 Å². The summed E-state index contributed by atoms with van der Waals surface area (Å²) < 4.78 is 0. The lowest BCUT2D eigenvalue weighted by atomic mass is 9.95. The van der Waals surface area contributed by atoms with Gasteiger partial charge in [-0.1, -0.05) is 25.0 Å². The van der Waals surface area contributed by atoms with Crippen LogP contribution in [0.3, 0.4) is 0 Å². The lowest BCUT2D eigenvalue weighted by Gasteiger charge is -2.21. The first kappa shape index (κ1) is 15.1. The molecule has 108 valence electrons. The third kappa shape index (κ3) is 4.07. The van der Waals surface area contributed by atoms with E-state index >= 15 is 0 Å². The zero-order valence-corrected chi connectivity index (χ0v) is 12.1. The largest absolute Gasteiger partial charge is 0.343 e. The molecule has 1 amide bonds. The Hall–Kier alpha value is -2.33. The van der Waals surface area contributed by atoms with Crippen LogP contribution >= 0.6 is 0 Å². The van der Waals surface area contributed by atoms with Crippen molar-refractivity contribution in [3.63, 3.8) is 0 Å². The van der Waals surface area contributed by atoms with E-state index in [1.165, 1.54) is 12.8 Å². The highest BCUT2D eigenvalue weighted by atomic mass is 16.2. The lowest BCUT2D eigenvalue weighted by molar-refractivity contribution is -0.131. The number of nitriles is 2. The van der Waals surface area contributed by atoms with Crippen molar-refractivity contribution in [2.24, 2.45) is 0 Å². The van der Waals surface area contributed by atoms with Gasteiger partial charge in [0.05, 0.1) is 23.6 Å². The number of hydrogen-bond acceptors (Lipinski definition) is 3. The minimum atomic E-state index is -0.478. The van der Waals surface area contributed by atoms with Crippen LogP contribution < -0.4 is 0 Å². The molecule has 0 saturated carbocycles. The van der Waals surface area contributed by atoms with Gasteiger partial charge < -0.3 is 4.90 Å². The Morgan fingerprint density at radius 3 is 2.52 bits per heavy atom. The molecule has 1 heterocycles. The molecule has 1 aromatic carbocycles. The summed E-state index contributed by atoms with van der Waals surface area (Å²) >= 11 is 0. The van der Waals surface area contributed by atoms with Crippen molar-refractivity contribution in [2.45, 2.75) is 38.0 Å². The van der Waals surface area contributed by atoms with E-state index in [9.17, 15) is 10.1 Å². The van der Waals surface area contributed by atoms with Crippen molar-refractivity contribution in [2.75, 3.05) is 13.1 Å². The monoisotopic (exact) mass is 281 g/mol. The van der Waals surface area contributed by atoms with Gasteiger partial charge >= 0.3 is 0 Å². The third-order valence-electron chi connectivity index (χ3n) is 3.91. The molecule has 0 spiro atoms. The summed E-state index contributed by atoms with van der Waals surface area (Å²) in [6.45, 7) is 1.60. The van der Waals surface area contributed by atoms with Crippen LogP contribution in [0.15, 0.2) is 24.3 Å². The molecule has 1 aliphatic heterocycles. The topological polar surface area (TPSA) is 67.9 Å². The number of carbonyl (C=O) groups excluding carboxylic acids is 1. The maximum atomic E-state index is 12.4. The predicted octanol–water partition coefficient (Wildman–Crippen LogP) is 2.96. The molecule has 0 aromatic heterocycles. The molecular weight excluding hydrogens is 262 g/mol. The summed E-state index contributed by atoms with van der Waals surface area (Å²) in [5.41, 5.74) is 1.27. The van der Waals surface area contributed by atoms with Crippen LogP contribution in [0.2, 0.25) is 0 Å². The minimum Gasteiger partial charge on any atom is -0.343 e. The van der Waals surface area contributed by atoms with Crippen LogP contribution in [0.25, 0.3) is 0 Å². The van der Waals surface area contributed by atoms with Crippen molar-refractivity contribution in [1.82, 2.24) is 4.90 Å². The van der Waals surface area contributed by atoms with E-state index in [0.29, 0.717) is 5.56 Å². The van der Waals surface area contributed by atoms with Gasteiger partial charge in [-0.2, -0.15) is 10.5 Å². The Morgan fingerprint density at radius 1 is 1.19 bits per heavy atom. The molecule has 1 fully saturated rings. The summed E-state index contributed by atoms with van der Waals surface area (Å²) in [5, 5.41) is 18.3. The molecule has 0 N–H and O–H groups in total. The summed E-state index contributed by atoms with van der Waals surface area (Å²) in [7, 11) is 0. The van der Waals surface area contributed by atoms with E-state index in [0.717, 1.165) is 31.5 Å². The van der Waals surface area contributed by atoms with Gasteiger partial charge in [-0.05, 0) is 30.5 Å². The molecule has 1 atom stereocenters. The van der Waals surface area contributed by atoms with Crippen molar-refractivity contribution >= 4 is 5.91 Å². The lowest BCUT2D eigenvalue weighted by Crippen LogP contribution is -2.32. The maximum Gasteiger partial charge on any atom is 0.224 e. The second-order valence-corrected chi connectivity index (χ2v) is 5.42. The van der Waals surface area contributed by atoms with E-state index in [1.54, 1.807) is 18.2 Å². The number of benzene rings is 1. The van der Waals surface area contributed by atoms with E-state index < -0.39 is 5.92 Å². The molecule has 1 aliphatic rings. The quantitative estimate of drug-likeness (QED) is 0.855. The molecule has 1 aromatic rings. The molecule has 21 heavy (non-hydrogen) atoms. The van der Waals surface area contributed by atoms with Gasteiger partial charge in [0.1, 0.15) is 0 Å². The van der Waals surface area contributed by atoms with Gasteiger partial charge in [-0.25, -0.2) is 0 Å². The van der Waals surface area contributed by atoms with Crippen LogP contribution in [-0.2, 0) is 4.79 Å². The average Bonchev–Trinajstić information content (AvgIpc) is 2.81.